The van der Waals surface area contributed by atoms with Gasteiger partial charge < -0.3 is 4.42 Å². The van der Waals surface area contributed by atoms with E-state index in [1.165, 1.54) is 12.3 Å². The van der Waals surface area contributed by atoms with Gasteiger partial charge in [-0.1, -0.05) is 6.08 Å². The summed E-state index contributed by atoms with van der Waals surface area (Å²) in [7, 11) is 0. The first-order valence-corrected chi connectivity index (χ1v) is 3.31. The minimum Gasteiger partial charge on any atom is -0.465 e. The molecule has 0 aliphatic rings. The van der Waals surface area contributed by atoms with E-state index in [0.717, 1.165) is 6.20 Å². The molecule has 1 aromatic heterocycles. The lowest BCUT2D eigenvalue weighted by Crippen LogP contribution is -1.80. The molecule has 0 amide bonds. The van der Waals surface area contributed by atoms with E-state index < -0.39 is 4.92 Å². The van der Waals surface area contributed by atoms with Crippen molar-refractivity contribution in [3.05, 3.63) is 52.6 Å². The topological polar surface area (TPSA) is 56.3 Å². The predicted molar refractivity (Wildman–Crippen MR) is 43.9 cm³/mol. The zero-order chi connectivity index (χ0) is 8.81. The van der Waals surface area contributed by atoms with Crippen LogP contribution in [0.4, 0.5) is 0 Å². The summed E-state index contributed by atoms with van der Waals surface area (Å²) in [5, 5.41) is 9.82. The summed E-state index contributed by atoms with van der Waals surface area (Å²) in [6.45, 7) is 0. The minimum atomic E-state index is -0.521. The first-order valence-electron chi connectivity index (χ1n) is 3.31. The van der Waals surface area contributed by atoms with Crippen molar-refractivity contribution in [2.24, 2.45) is 0 Å². The highest BCUT2D eigenvalue weighted by atomic mass is 16.6. The summed E-state index contributed by atoms with van der Waals surface area (Å²) in [5.74, 6) is 0.669. The third-order valence-corrected chi connectivity index (χ3v) is 1.12. The summed E-state index contributed by atoms with van der Waals surface area (Å²) in [4.78, 5) is 9.30. The van der Waals surface area contributed by atoms with E-state index in [1.54, 1.807) is 24.3 Å². The maximum absolute atomic E-state index is 9.82. The van der Waals surface area contributed by atoms with Crippen molar-refractivity contribution in [2.45, 2.75) is 0 Å². The summed E-state index contributed by atoms with van der Waals surface area (Å²) in [6.07, 6.45) is 6.92. The summed E-state index contributed by atoms with van der Waals surface area (Å²) in [6, 6.07) is 3.51. The Balaban J connectivity index is 2.47. The largest absolute Gasteiger partial charge is 0.465 e. The van der Waals surface area contributed by atoms with Crippen LogP contribution in [-0.2, 0) is 0 Å². The van der Waals surface area contributed by atoms with Gasteiger partial charge in [0, 0.05) is 6.08 Å². The van der Waals surface area contributed by atoms with Gasteiger partial charge in [-0.2, -0.15) is 0 Å². The standard InChI is InChI=1S/C8H7NO3/c10-9(11)6-2-1-4-8-5-3-7-12-8/h1-7H/b4-1-,6-2+. The zero-order valence-corrected chi connectivity index (χ0v) is 6.21. The molecule has 0 aliphatic heterocycles. The fraction of sp³-hybridized carbons (Fsp3) is 0. The van der Waals surface area contributed by atoms with E-state index in [4.69, 9.17) is 4.42 Å². The van der Waals surface area contributed by atoms with Gasteiger partial charge in [0.1, 0.15) is 5.76 Å². The summed E-state index contributed by atoms with van der Waals surface area (Å²) < 4.78 is 4.95. The second-order valence-corrected chi connectivity index (χ2v) is 2.00. The molecule has 4 nitrogen and oxygen atoms in total. The maximum atomic E-state index is 9.82. The van der Waals surface area contributed by atoms with Crippen LogP contribution in [0.15, 0.2) is 41.2 Å². The average molecular weight is 165 g/mol. The molecule has 0 saturated heterocycles. The SMILES string of the molecule is O=[N+]([O-])/C=C/C=C\c1ccco1. The number of hydrogen-bond acceptors (Lipinski definition) is 3. The monoisotopic (exact) mass is 165 g/mol. The van der Waals surface area contributed by atoms with Gasteiger partial charge in [0.2, 0.25) is 6.20 Å². The van der Waals surface area contributed by atoms with Crippen LogP contribution < -0.4 is 0 Å². The molecule has 12 heavy (non-hydrogen) atoms. The van der Waals surface area contributed by atoms with Crippen molar-refractivity contribution in [3.63, 3.8) is 0 Å². The van der Waals surface area contributed by atoms with Crippen molar-refractivity contribution >= 4 is 6.08 Å². The Morgan fingerprint density at radius 3 is 2.92 bits per heavy atom. The first-order chi connectivity index (χ1) is 5.79. The molecule has 1 rings (SSSR count). The molecule has 0 spiro atoms. The van der Waals surface area contributed by atoms with E-state index in [2.05, 4.69) is 0 Å². The van der Waals surface area contributed by atoms with Crippen molar-refractivity contribution in [2.75, 3.05) is 0 Å². The van der Waals surface area contributed by atoms with E-state index >= 15 is 0 Å². The van der Waals surface area contributed by atoms with Crippen LogP contribution in [0.2, 0.25) is 0 Å². The highest BCUT2D eigenvalue weighted by molar-refractivity contribution is 5.44. The molecule has 0 bridgehead atoms. The highest BCUT2D eigenvalue weighted by Gasteiger charge is 1.85. The Hall–Kier alpha value is -1.84. The van der Waals surface area contributed by atoms with Crippen molar-refractivity contribution in [3.8, 4) is 0 Å². The van der Waals surface area contributed by atoms with E-state index in [-0.39, 0.29) is 0 Å². The molecule has 1 aromatic rings. The zero-order valence-electron chi connectivity index (χ0n) is 6.21. The molecular formula is C8H7NO3. The molecule has 62 valence electrons. The molecule has 0 radical (unpaired) electrons. The molecule has 0 unspecified atom stereocenters. The second-order valence-electron chi connectivity index (χ2n) is 2.00. The first kappa shape index (κ1) is 8.26. The molecular weight excluding hydrogens is 158 g/mol. The van der Waals surface area contributed by atoms with Crippen LogP contribution in [0.5, 0.6) is 0 Å². The van der Waals surface area contributed by atoms with Gasteiger partial charge in [-0.15, -0.1) is 0 Å². The van der Waals surface area contributed by atoms with Gasteiger partial charge in [0.15, 0.2) is 0 Å². The molecule has 0 N–H and O–H groups in total. The number of nitro groups is 1. The van der Waals surface area contributed by atoms with Gasteiger partial charge in [-0.3, -0.25) is 10.1 Å². The summed E-state index contributed by atoms with van der Waals surface area (Å²) >= 11 is 0. The van der Waals surface area contributed by atoms with Crippen LogP contribution in [0.1, 0.15) is 5.76 Å². The lowest BCUT2D eigenvalue weighted by Gasteiger charge is -1.78. The molecule has 0 aromatic carbocycles. The minimum absolute atomic E-state index is 0.521. The van der Waals surface area contributed by atoms with Crippen LogP contribution in [-0.4, -0.2) is 4.92 Å². The van der Waals surface area contributed by atoms with Crippen LogP contribution in [0, 0.1) is 10.1 Å². The van der Waals surface area contributed by atoms with Crippen LogP contribution >= 0.6 is 0 Å². The molecule has 4 heteroatoms. The summed E-state index contributed by atoms with van der Waals surface area (Å²) in [5.41, 5.74) is 0. The Morgan fingerprint density at radius 2 is 2.33 bits per heavy atom. The van der Waals surface area contributed by atoms with Crippen molar-refractivity contribution in [1.82, 2.24) is 0 Å². The van der Waals surface area contributed by atoms with Crippen LogP contribution in [0.25, 0.3) is 6.08 Å². The quantitative estimate of drug-likeness (QED) is 0.391. The Bertz CT molecular complexity index is 298. The molecule has 1 heterocycles. The Morgan fingerprint density at radius 1 is 1.50 bits per heavy atom. The number of furan rings is 1. The fourth-order valence-electron chi connectivity index (χ4n) is 0.656. The number of hydrogen-bond donors (Lipinski definition) is 0. The molecule has 0 fully saturated rings. The normalized spacial score (nSPS) is 11.3. The van der Waals surface area contributed by atoms with Crippen molar-refractivity contribution in [1.29, 1.82) is 0 Å². The van der Waals surface area contributed by atoms with E-state index in [9.17, 15) is 10.1 Å². The lowest BCUT2D eigenvalue weighted by atomic mass is 10.4. The van der Waals surface area contributed by atoms with Gasteiger partial charge in [-0.25, -0.2) is 0 Å². The fourth-order valence-corrected chi connectivity index (χ4v) is 0.656. The highest BCUT2D eigenvalue weighted by Crippen LogP contribution is 2.01. The van der Waals surface area contributed by atoms with Crippen LogP contribution in [0.3, 0.4) is 0 Å². The van der Waals surface area contributed by atoms with Gasteiger partial charge >= 0.3 is 0 Å². The Kier molecular flexibility index (Phi) is 2.84. The Labute approximate surface area is 69.0 Å². The average Bonchev–Trinajstić information content (AvgIpc) is 2.49. The molecule has 0 aliphatic carbocycles. The third-order valence-electron chi connectivity index (χ3n) is 1.12. The second kappa shape index (κ2) is 4.12. The number of rotatable bonds is 3. The molecule has 0 saturated carbocycles. The van der Waals surface area contributed by atoms with Gasteiger partial charge in [-0.05, 0) is 18.2 Å². The van der Waals surface area contributed by atoms with E-state index in [0.29, 0.717) is 5.76 Å². The van der Waals surface area contributed by atoms with Gasteiger partial charge in [0.25, 0.3) is 0 Å². The smallest absolute Gasteiger partial charge is 0.234 e. The van der Waals surface area contributed by atoms with Gasteiger partial charge in [0.05, 0.1) is 11.2 Å². The number of allylic oxidation sites excluding steroid dienone is 2. The van der Waals surface area contributed by atoms with E-state index in [1.807, 2.05) is 0 Å². The maximum Gasteiger partial charge on any atom is 0.234 e. The lowest BCUT2D eigenvalue weighted by molar-refractivity contribution is -0.402. The molecule has 0 atom stereocenters. The third kappa shape index (κ3) is 2.83. The predicted octanol–water partition coefficient (Wildman–Crippen LogP) is 2.08. The van der Waals surface area contributed by atoms with Crippen molar-refractivity contribution < 1.29 is 9.34 Å². The number of nitrogens with zero attached hydrogens (tertiary/aromatic N) is 1.